The van der Waals surface area contributed by atoms with Crippen molar-refractivity contribution < 1.29 is 14.3 Å². The Balaban J connectivity index is 1.81. The molecule has 4 nitrogen and oxygen atoms in total. The van der Waals surface area contributed by atoms with E-state index in [-0.39, 0.29) is 12.5 Å². The smallest absolute Gasteiger partial charge is 0.261 e. The molecular formula is C15H12BrNO3S2. The summed E-state index contributed by atoms with van der Waals surface area (Å²) in [6.45, 7) is 0.0333. The lowest BCUT2D eigenvalue weighted by molar-refractivity contribution is 0.0530. The van der Waals surface area contributed by atoms with Crippen molar-refractivity contribution in [1.29, 1.82) is 0 Å². The molecule has 0 fully saturated rings. The third kappa shape index (κ3) is 3.03. The Labute approximate surface area is 143 Å². The Morgan fingerprint density at radius 1 is 1.41 bits per heavy atom. The molecule has 3 rings (SSSR count). The van der Waals surface area contributed by atoms with Crippen LogP contribution in [0.1, 0.15) is 21.0 Å². The molecule has 0 saturated carbocycles. The summed E-state index contributed by atoms with van der Waals surface area (Å²) >= 11 is 6.14. The fraction of sp³-hybridized carbons (Fsp3) is 0.133. The number of carbonyl (C=O) groups excluding carboxylic acids is 1. The van der Waals surface area contributed by atoms with Crippen LogP contribution in [-0.4, -0.2) is 17.6 Å². The van der Waals surface area contributed by atoms with Crippen LogP contribution >= 0.6 is 38.6 Å². The van der Waals surface area contributed by atoms with Crippen LogP contribution < -0.4 is 5.32 Å². The fourth-order valence-electron chi connectivity index (χ4n) is 2.07. The lowest BCUT2D eigenvalue weighted by atomic mass is 9.93. The van der Waals surface area contributed by atoms with Gasteiger partial charge in [0.15, 0.2) is 5.60 Å². The van der Waals surface area contributed by atoms with Crippen LogP contribution in [-0.2, 0) is 5.60 Å². The van der Waals surface area contributed by atoms with Gasteiger partial charge in [0, 0.05) is 15.4 Å². The van der Waals surface area contributed by atoms with Crippen LogP contribution in [0.25, 0.3) is 0 Å². The molecule has 114 valence electrons. The van der Waals surface area contributed by atoms with E-state index in [4.69, 9.17) is 4.42 Å². The lowest BCUT2D eigenvalue weighted by Crippen LogP contribution is -2.41. The first-order valence-corrected chi connectivity index (χ1v) is 9.02. The lowest BCUT2D eigenvalue weighted by Gasteiger charge is -2.25. The summed E-state index contributed by atoms with van der Waals surface area (Å²) in [5.41, 5.74) is -0.687. The average Bonchev–Trinajstić information content (AvgIpc) is 3.24. The Kier molecular flexibility index (Phi) is 4.49. The number of hydrogen-bond donors (Lipinski definition) is 2. The van der Waals surface area contributed by atoms with Gasteiger partial charge >= 0.3 is 0 Å². The standard InChI is InChI=1S/C15H12BrNO3S2/c16-11-6-12(22-8-11)14(18)17-9-15(19,10-3-5-21-7-10)13-2-1-4-20-13/h1-8,19H,9H2,(H,17,18). The van der Waals surface area contributed by atoms with Gasteiger partial charge < -0.3 is 14.8 Å². The molecule has 22 heavy (non-hydrogen) atoms. The molecule has 0 saturated heterocycles. The largest absolute Gasteiger partial charge is 0.466 e. The number of carbonyl (C=O) groups is 1. The highest BCUT2D eigenvalue weighted by Crippen LogP contribution is 2.31. The maximum absolute atomic E-state index is 12.2. The molecule has 1 unspecified atom stereocenters. The third-order valence-corrected chi connectivity index (χ3v) is 5.60. The van der Waals surface area contributed by atoms with Gasteiger partial charge in [0.1, 0.15) is 5.76 Å². The van der Waals surface area contributed by atoms with Crippen molar-refractivity contribution in [2.24, 2.45) is 0 Å². The molecule has 1 amide bonds. The van der Waals surface area contributed by atoms with Crippen molar-refractivity contribution in [2.75, 3.05) is 6.54 Å². The zero-order chi connectivity index (χ0) is 15.6. The van der Waals surface area contributed by atoms with Gasteiger partial charge in [-0.1, -0.05) is 0 Å². The number of aliphatic hydroxyl groups is 1. The number of halogens is 1. The molecule has 0 radical (unpaired) electrons. The van der Waals surface area contributed by atoms with Crippen molar-refractivity contribution in [1.82, 2.24) is 5.32 Å². The van der Waals surface area contributed by atoms with Gasteiger partial charge in [0.25, 0.3) is 5.91 Å². The normalized spacial score (nSPS) is 13.7. The van der Waals surface area contributed by atoms with E-state index in [2.05, 4.69) is 21.2 Å². The molecule has 7 heteroatoms. The number of amides is 1. The maximum Gasteiger partial charge on any atom is 0.261 e. The second kappa shape index (κ2) is 6.37. The summed E-state index contributed by atoms with van der Waals surface area (Å²) in [6.07, 6.45) is 1.50. The van der Waals surface area contributed by atoms with E-state index in [0.717, 1.165) is 4.47 Å². The molecule has 0 aliphatic rings. The molecule has 0 spiro atoms. The molecule has 2 N–H and O–H groups in total. The quantitative estimate of drug-likeness (QED) is 0.687. The first-order valence-electron chi connectivity index (χ1n) is 6.41. The Morgan fingerprint density at radius 3 is 2.86 bits per heavy atom. The van der Waals surface area contributed by atoms with Crippen molar-refractivity contribution in [2.45, 2.75) is 5.60 Å². The minimum absolute atomic E-state index is 0.0333. The van der Waals surface area contributed by atoms with Gasteiger partial charge in [-0.05, 0) is 51.0 Å². The van der Waals surface area contributed by atoms with Crippen molar-refractivity contribution in [3.05, 3.63) is 67.3 Å². The highest BCUT2D eigenvalue weighted by Gasteiger charge is 2.35. The first kappa shape index (κ1) is 15.5. The van der Waals surface area contributed by atoms with Gasteiger partial charge in [-0.25, -0.2) is 0 Å². The first-order chi connectivity index (χ1) is 10.6. The number of rotatable bonds is 5. The Morgan fingerprint density at radius 2 is 2.27 bits per heavy atom. The van der Waals surface area contributed by atoms with Crippen LogP contribution in [0, 0.1) is 0 Å². The van der Waals surface area contributed by atoms with E-state index < -0.39 is 5.60 Å². The Hall–Kier alpha value is -1.41. The van der Waals surface area contributed by atoms with E-state index in [1.807, 2.05) is 22.2 Å². The van der Waals surface area contributed by atoms with Crippen molar-refractivity contribution >= 4 is 44.5 Å². The molecule has 0 aliphatic heterocycles. The number of nitrogens with one attached hydrogen (secondary N) is 1. The van der Waals surface area contributed by atoms with Crippen LogP contribution in [0.5, 0.6) is 0 Å². The molecule has 3 aromatic rings. The topological polar surface area (TPSA) is 62.5 Å². The van der Waals surface area contributed by atoms with Gasteiger partial charge in [-0.2, -0.15) is 11.3 Å². The zero-order valence-corrected chi connectivity index (χ0v) is 14.5. The Bertz CT molecular complexity index is 715. The molecule has 3 aromatic heterocycles. The molecule has 0 bridgehead atoms. The zero-order valence-electron chi connectivity index (χ0n) is 11.3. The van der Waals surface area contributed by atoms with Gasteiger partial charge in [-0.15, -0.1) is 11.3 Å². The minimum atomic E-state index is -1.38. The van der Waals surface area contributed by atoms with Crippen LogP contribution in [0.4, 0.5) is 0 Å². The second-order valence-electron chi connectivity index (χ2n) is 4.66. The van der Waals surface area contributed by atoms with Crippen molar-refractivity contribution in [3.63, 3.8) is 0 Å². The third-order valence-electron chi connectivity index (χ3n) is 3.22. The summed E-state index contributed by atoms with van der Waals surface area (Å²) < 4.78 is 6.23. The van der Waals surface area contributed by atoms with E-state index in [0.29, 0.717) is 16.2 Å². The summed E-state index contributed by atoms with van der Waals surface area (Å²) in [5.74, 6) is 0.175. The molecule has 1 atom stereocenters. The number of hydrogen-bond acceptors (Lipinski definition) is 5. The van der Waals surface area contributed by atoms with E-state index in [1.165, 1.54) is 28.9 Å². The van der Waals surface area contributed by atoms with Crippen LogP contribution in [0.3, 0.4) is 0 Å². The van der Waals surface area contributed by atoms with Gasteiger partial charge in [0.05, 0.1) is 17.7 Å². The highest BCUT2D eigenvalue weighted by molar-refractivity contribution is 9.10. The van der Waals surface area contributed by atoms with Gasteiger partial charge in [-0.3, -0.25) is 4.79 Å². The predicted octanol–water partition coefficient (Wildman–Crippen LogP) is 3.83. The summed E-state index contributed by atoms with van der Waals surface area (Å²) in [7, 11) is 0. The second-order valence-corrected chi connectivity index (χ2v) is 7.27. The van der Waals surface area contributed by atoms with Gasteiger partial charge in [0.2, 0.25) is 0 Å². The summed E-state index contributed by atoms with van der Waals surface area (Å²) in [4.78, 5) is 12.8. The number of furan rings is 1. The van der Waals surface area contributed by atoms with Crippen LogP contribution in [0.15, 0.2) is 55.6 Å². The van der Waals surface area contributed by atoms with Crippen molar-refractivity contribution in [3.8, 4) is 0 Å². The van der Waals surface area contributed by atoms with Crippen LogP contribution in [0.2, 0.25) is 0 Å². The highest BCUT2D eigenvalue weighted by atomic mass is 79.9. The molecule has 0 aromatic carbocycles. The average molecular weight is 398 g/mol. The van der Waals surface area contributed by atoms with E-state index in [9.17, 15) is 9.90 Å². The summed E-state index contributed by atoms with van der Waals surface area (Å²) in [5, 5.41) is 19.4. The minimum Gasteiger partial charge on any atom is -0.466 e. The fourth-order valence-corrected chi connectivity index (χ4v) is 4.14. The summed E-state index contributed by atoms with van der Waals surface area (Å²) in [6, 6.07) is 6.98. The molecular weight excluding hydrogens is 386 g/mol. The SMILES string of the molecule is O=C(NCC(O)(c1ccsc1)c1ccco1)c1cc(Br)cs1. The maximum atomic E-state index is 12.2. The monoisotopic (exact) mass is 397 g/mol. The predicted molar refractivity (Wildman–Crippen MR) is 90.4 cm³/mol. The van der Waals surface area contributed by atoms with E-state index in [1.54, 1.807) is 18.2 Å². The molecule has 0 aliphatic carbocycles. The number of thiophene rings is 2. The van der Waals surface area contributed by atoms with E-state index >= 15 is 0 Å². The molecule has 3 heterocycles.